The van der Waals surface area contributed by atoms with Crippen LogP contribution in [0.25, 0.3) is 0 Å². The number of esters is 3. The van der Waals surface area contributed by atoms with E-state index < -0.39 is 91.5 Å². The van der Waals surface area contributed by atoms with Gasteiger partial charge >= 0.3 is 33.6 Å². The van der Waals surface area contributed by atoms with E-state index in [2.05, 4.69) is 154 Å². The van der Waals surface area contributed by atoms with E-state index in [9.17, 15) is 43.5 Å². The van der Waals surface area contributed by atoms with Crippen LogP contribution in [-0.4, -0.2) is 95.9 Å². The Hall–Kier alpha value is -4.31. The van der Waals surface area contributed by atoms with E-state index in [-0.39, 0.29) is 19.3 Å². The lowest BCUT2D eigenvalue weighted by molar-refractivity contribution is -0.161. The Morgan fingerprint density at radius 2 is 0.495 bits per heavy atom. The second-order valence-electron chi connectivity index (χ2n) is 28.2. The average molecular weight is 1540 g/mol. The number of unbranched alkanes of at least 4 members (excludes halogenated alkanes) is 35. The number of rotatable bonds is 80. The van der Waals surface area contributed by atoms with Crippen molar-refractivity contribution in [2.24, 2.45) is 0 Å². The van der Waals surface area contributed by atoms with E-state index in [0.29, 0.717) is 19.3 Å². The quantitative estimate of drug-likeness (QED) is 0.0146. The number of ether oxygens (including phenoxy) is 3. The molecule has 0 heterocycles. The highest BCUT2D eigenvalue weighted by Gasteiger charge is 2.29. The van der Waals surface area contributed by atoms with Crippen molar-refractivity contribution in [3.63, 3.8) is 0 Å². The molecule has 0 aliphatic rings. The highest BCUT2D eigenvalue weighted by atomic mass is 31.2. The van der Waals surface area contributed by atoms with E-state index >= 15 is 0 Å². The summed E-state index contributed by atoms with van der Waals surface area (Å²) in [5.74, 6) is -1.58. The predicted octanol–water partition coefficient (Wildman–Crippen LogP) is 25.4. The highest BCUT2D eigenvalue weighted by Crippen LogP contribution is 2.45. The monoisotopic (exact) mass is 1540 g/mol. The van der Waals surface area contributed by atoms with Crippen LogP contribution in [0.15, 0.2) is 134 Å². The van der Waals surface area contributed by atoms with Gasteiger partial charge in [0.15, 0.2) is 6.10 Å². The summed E-state index contributed by atoms with van der Waals surface area (Å²) in [4.78, 5) is 58.7. The fourth-order valence-corrected chi connectivity index (χ4v) is 13.0. The molecule has 0 amide bonds. The van der Waals surface area contributed by atoms with Gasteiger partial charge in [0, 0.05) is 19.3 Å². The van der Waals surface area contributed by atoms with E-state index in [1.807, 2.05) is 0 Å². The van der Waals surface area contributed by atoms with Crippen molar-refractivity contribution >= 4 is 33.6 Å². The molecule has 0 saturated heterocycles. The van der Waals surface area contributed by atoms with Gasteiger partial charge in [0.1, 0.15) is 25.4 Å². The van der Waals surface area contributed by atoms with Crippen LogP contribution in [0.3, 0.4) is 0 Å². The van der Waals surface area contributed by atoms with Gasteiger partial charge in [-0.3, -0.25) is 32.5 Å². The third-order valence-electron chi connectivity index (χ3n) is 17.8. The van der Waals surface area contributed by atoms with Gasteiger partial charge in [0.05, 0.1) is 26.4 Å². The van der Waals surface area contributed by atoms with Crippen LogP contribution in [0.4, 0.5) is 0 Å². The molecular weight excluding hydrogens is 1390 g/mol. The molecule has 16 nitrogen and oxygen atoms in total. The SMILES string of the molecule is CC/C=C\C/C=C\C/C=C\C/C=C\C/C=C\C/C=C\CCCCCCCCCCCCC(=O)OCC(O)COP(=O)(O)OCC(O)COP(=O)(O)OCC(COC(=O)CCCCCCCCCCCCCCC/C=C\C/C=C\C/C=C\C/C=C\CCCCC)OC(=O)CCCCCCC/C=C\CCCCCC. The number of allylic oxidation sites excluding steroid dienone is 22. The van der Waals surface area contributed by atoms with Crippen LogP contribution in [-0.2, 0) is 55.8 Å². The van der Waals surface area contributed by atoms with Gasteiger partial charge in [-0.2, -0.15) is 0 Å². The Kier molecular flexibility index (Phi) is 77.9. The predicted molar refractivity (Wildman–Crippen MR) is 445 cm³/mol. The van der Waals surface area contributed by atoms with Crippen molar-refractivity contribution in [1.82, 2.24) is 0 Å². The number of hydrogen-bond acceptors (Lipinski definition) is 14. The van der Waals surface area contributed by atoms with Crippen molar-refractivity contribution in [2.45, 2.75) is 373 Å². The molecular formula is C89H154O16P2. The van der Waals surface area contributed by atoms with Gasteiger partial charge in [-0.15, -0.1) is 0 Å². The fourth-order valence-electron chi connectivity index (χ4n) is 11.4. The summed E-state index contributed by atoms with van der Waals surface area (Å²) >= 11 is 0. The Bertz CT molecular complexity index is 2480. The normalized spacial score (nSPS) is 14.6. The number of hydrogen-bond donors (Lipinski definition) is 4. The first-order chi connectivity index (χ1) is 52.2. The smallest absolute Gasteiger partial charge is 0.463 e. The second kappa shape index (κ2) is 81.2. The number of phosphoric ester groups is 2. The van der Waals surface area contributed by atoms with Crippen molar-refractivity contribution in [3.8, 4) is 0 Å². The maximum absolute atomic E-state index is 13.0. The van der Waals surface area contributed by atoms with Crippen molar-refractivity contribution < 1.29 is 75.8 Å². The molecule has 616 valence electrons. The molecule has 107 heavy (non-hydrogen) atoms. The third kappa shape index (κ3) is 82.5. The third-order valence-corrected chi connectivity index (χ3v) is 19.7. The summed E-state index contributed by atoms with van der Waals surface area (Å²) in [5, 5.41) is 20.7. The zero-order chi connectivity index (χ0) is 78.0. The average Bonchev–Trinajstić information content (AvgIpc) is 0.909. The Labute approximate surface area is 652 Å². The topological polar surface area (TPSA) is 231 Å². The molecule has 0 saturated carbocycles. The summed E-state index contributed by atoms with van der Waals surface area (Å²) < 4.78 is 61.2. The maximum Gasteiger partial charge on any atom is 0.472 e. The van der Waals surface area contributed by atoms with Crippen LogP contribution >= 0.6 is 15.6 Å². The van der Waals surface area contributed by atoms with Gasteiger partial charge in [0.25, 0.3) is 0 Å². The molecule has 0 radical (unpaired) electrons. The van der Waals surface area contributed by atoms with E-state index in [1.54, 1.807) is 0 Å². The molecule has 0 aromatic carbocycles. The van der Waals surface area contributed by atoms with Gasteiger partial charge in [-0.1, -0.05) is 328 Å². The Balaban J connectivity index is 4.48. The molecule has 4 N–H and O–H groups in total. The number of aliphatic hydroxyl groups is 2. The maximum atomic E-state index is 13.0. The van der Waals surface area contributed by atoms with Crippen LogP contribution in [0, 0.1) is 0 Å². The number of carbonyl (C=O) groups excluding carboxylic acids is 3. The minimum atomic E-state index is -4.93. The van der Waals surface area contributed by atoms with Gasteiger partial charge < -0.3 is 34.2 Å². The first-order valence-electron chi connectivity index (χ1n) is 42.5. The van der Waals surface area contributed by atoms with Gasteiger partial charge in [-0.05, 0) is 141 Å². The molecule has 5 atom stereocenters. The summed E-state index contributed by atoms with van der Waals surface area (Å²) in [6.45, 7) is 2.54. The Morgan fingerprint density at radius 1 is 0.271 bits per heavy atom. The van der Waals surface area contributed by atoms with E-state index in [4.69, 9.17) is 32.3 Å². The number of carbonyl (C=O) groups is 3. The largest absolute Gasteiger partial charge is 0.472 e. The van der Waals surface area contributed by atoms with Crippen LogP contribution < -0.4 is 0 Å². The second-order valence-corrected chi connectivity index (χ2v) is 31.2. The molecule has 18 heteroatoms. The first kappa shape index (κ1) is 103. The van der Waals surface area contributed by atoms with E-state index in [1.165, 1.54) is 141 Å². The van der Waals surface area contributed by atoms with Crippen LogP contribution in [0.1, 0.15) is 355 Å². The zero-order valence-corrected chi connectivity index (χ0v) is 69.3. The number of aliphatic hydroxyl groups excluding tert-OH is 2. The first-order valence-corrected chi connectivity index (χ1v) is 45.5. The van der Waals surface area contributed by atoms with Crippen LogP contribution in [0.5, 0.6) is 0 Å². The molecule has 0 aromatic rings. The molecule has 0 bridgehead atoms. The lowest BCUT2D eigenvalue weighted by Crippen LogP contribution is -2.30. The van der Waals surface area contributed by atoms with Crippen LogP contribution in [0.2, 0.25) is 0 Å². The van der Waals surface area contributed by atoms with Gasteiger partial charge in [0.2, 0.25) is 0 Å². The van der Waals surface area contributed by atoms with Crippen molar-refractivity contribution in [3.05, 3.63) is 134 Å². The Morgan fingerprint density at radius 3 is 0.813 bits per heavy atom. The minimum Gasteiger partial charge on any atom is -0.463 e. The number of phosphoric acid groups is 2. The molecule has 0 fully saturated rings. The van der Waals surface area contributed by atoms with E-state index in [0.717, 1.165) is 154 Å². The zero-order valence-electron chi connectivity index (χ0n) is 67.5. The minimum absolute atomic E-state index is 0.0938. The van der Waals surface area contributed by atoms with Crippen molar-refractivity contribution in [2.75, 3.05) is 39.6 Å². The van der Waals surface area contributed by atoms with Crippen molar-refractivity contribution in [1.29, 1.82) is 0 Å². The molecule has 0 spiro atoms. The fraction of sp³-hybridized carbons (Fsp3) is 0.719. The summed E-state index contributed by atoms with van der Waals surface area (Å²) in [6, 6.07) is 0. The summed E-state index contributed by atoms with van der Waals surface area (Å²) in [7, 11) is -9.80. The molecule has 0 aliphatic heterocycles. The molecule has 0 aliphatic carbocycles. The molecule has 0 rings (SSSR count). The van der Waals surface area contributed by atoms with Gasteiger partial charge in [-0.25, -0.2) is 9.13 Å². The highest BCUT2D eigenvalue weighted by molar-refractivity contribution is 7.47. The molecule has 0 aromatic heterocycles. The standard InChI is InChI=1S/C89H154O16P2/c1-4-7-10-13-16-19-22-25-27-29-31-33-35-37-39-41-43-45-47-49-51-53-55-58-60-63-66-69-72-75-87(92)99-78-84(90)79-101-106(95,96)102-80-85(91)81-103-107(97,98)104-83-86(105-89(94)77-74-71-68-65-62-57-24-21-18-15-12-9-6-3)82-100-88(93)76-73-70-67-64-61-59-56-54-52-50-48-46-44-42-40-38-36-34-32-30-28-26-23-20-17-14-11-8-5-2/h7,10,16-17,19-21,24-28,31-34,37-40,43,45,84-86,90-91H,4-6,8-9,11-15,18,22-23,29-30,35-36,41-42,44,46-83H2,1-3H3,(H,95,96)(H,97,98)/b10-7-,19-16-,20-17-,24-21-,27-25-,28-26-,33-31-,34-32-,39-37-,40-38-,45-43-. The summed E-state index contributed by atoms with van der Waals surface area (Å²) in [5.41, 5.74) is 0. The lowest BCUT2D eigenvalue weighted by atomic mass is 10.0. The lowest BCUT2D eigenvalue weighted by Gasteiger charge is -2.21. The molecule has 5 unspecified atom stereocenters. The summed E-state index contributed by atoms with van der Waals surface area (Å²) in [6.07, 6.45) is 99.3.